The summed E-state index contributed by atoms with van der Waals surface area (Å²) in [5.74, 6) is -0.438. The molecule has 0 bridgehead atoms. The second kappa shape index (κ2) is 5.50. The Morgan fingerprint density at radius 2 is 2.22 bits per heavy atom. The number of halogens is 2. The zero-order valence-corrected chi connectivity index (χ0v) is 11.1. The van der Waals surface area contributed by atoms with Crippen LogP contribution in [-0.2, 0) is 6.54 Å². The summed E-state index contributed by atoms with van der Waals surface area (Å²) >= 11 is 5.64. The highest BCUT2D eigenvalue weighted by atomic mass is 35.5. The van der Waals surface area contributed by atoms with Crippen molar-refractivity contribution >= 4 is 11.6 Å². The van der Waals surface area contributed by atoms with Crippen LogP contribution in [0.2, 0.25) is 5.02 Å². The molecule has 0 amide bonds. The van der Waals surface area contributed by atoms with Crippen LogP contribution in [0.5, 0.6) is 0 Å². The summed E-state index contributed by atoms with van der Waals surface area (Å²) < 4.78 is 15.0. The van der Waals surface area contributed by atoms with E-state index in [1.165, 1.54) is 12.1 Å². The van der Waals surface area contributed by atoms with Crippen molar-refractivity contribution in [1.82, 2.24) is 15.1 Å². The second-order valence-corrected chi connectivity index (χ2v) is 4.83. The van der Waals surface area contributed by atoms with Gasteiger partial charge in [-0.05, 0) is 12.1 Å². The van der Waals surface area contributed by atoms with Gasteiger partial charge in [-0.3, -0.25) is 0 Å². The van der Waals surface area contributed by atoms with Crippen LogP contribution in [0.1, 0.15) is 19.4 Å². The Hall–Kier alpha value is -1.39. The van der Waals surface area contributed by atoms with Crippen molar-refractivity contribution in [3.8, 4) is 5.69 Å². The Kier molecular flexibility index (Phi) is 3.99. The molecular formula is C13H15ClFN3. The van der Waals surface area contributed by atoms with Crippen molar-refractivity contribution in [2.75, 3.05) is 0 Å². The van der Waals surface area contributed by atoms with Gasteiger partial charge >= 0.3 is 0 Å². The van der Waals surface area contributed by atoms with Gasteiger partial charge in [0.05, 0.1) is 16.9 Å². The van der Waals surface area contributed by atoms with Crippen molar-refractivity contribution < 1.29 is 4.39 Å². The Labute approximate surface area is 111 Å². The van der Waals surface area contributed by atoms with Crippen molar-refractivity contribution in [2.24, 2.45) is 0 Å². The zero-order chi connectivity index (χ0) is 13.1. The third kappa shape index (κ3) is 3.09. The molecule has 0 saturated heterocycles. The number of rotatable bonds is 4. The Balaban J connectivity index is 2.16. The van der Waals surface area contributed by atoms with Crippen LogP contribution in [0, 0.1) is 5.82 Å². The molecule has 0 saturated carbocycles. The molecule has 0 atom stereocenters. The van der Waals surface area contributed by atoms with E-state index in [0.29, 0.717) is 11.7 Å². The van der Waals surface area contributed by atoms with Crippen molar-refractivity contribution in [1.29, 1.82) is 0 Å². The van der Waals surface area contributed by atoms with Crippen LogP contribution in [-0.4, -0.2) is 15.8 Å². The van der Waals surface area contributed by atoms with Gasteiger partial charge in [-0.1, -0.05) is 25.4 Å². The van der Waals surface area contributed by atoms with E-state index in [4.69, 9.17) is 11.6 Å². The predicted octanol–water partition coefficient (Wildman–Crippen LogP) is 3.16. The van der Waals surface area contributed by atoms with Crippen molar-refractivity contribution in [3.63, 3.8) is 0 Å². The number of nitrogens with one attached hydrogen (secondary N) is 1. The number of nitrogens with zero attached hydrogens (tertiary/aromatic N) is 2. The normalized spacial score (nSPS) is 11.2. The van der Waals surface area contributed by atoms with Crippen LogP contribution in [0.15, 0.2) is 30.6 Å². The maximum Gasteiger partial charge on any atom is 0.143 e. The average Bonchev–Trinajstić information content (AvgIpc) is 2.79. The summed E-state index contributed by atoms with van der Waals surface area (Å²) in [6, 6.07) is 5.05. The number of hydrogen-bond donors (Lipinski definition) is 1. The summed E-state index contributed by atoms with van der Waals surface area (Å²) in [7, 11) is 0. The van der Waals surface area contributed by atoms with E-state index in [0.717, 1.165) is 12.1 Å². The third-order valence-electron chi connectivity index (χ3n) is 2.52. The van der Waals surface area contributed by atoms with E-state index in [1.54, 1.807) is 16.9 Å². The van der Waals surface area contributed by atoms with Gasteiger partial charge in [-0.2, -0.15) is 5.10 Å². The average molecular weight is 268 g/mol. The van der Waals surface area contributed by atoms with E-state index < -0.39 is 5.82 Å². The molecule has 0 fully saturated rings. The molecule has 0 spiro atoms. The van der Waals surface area contributed by atoms with Gasteiger partial charge in [-0.15, -0.1) is 0 Å². The molecule has 0 unspecified atom stereocenters. The van der Waals surface area contributed by atoms with E-state index in [1.807, 2.05) is 6.20 Å². The minimum Gasteiger partial charge on any atom is -0.310 e. The molecule has 1 N–H and O–H groups in total. The summed E-state index contributed by atoms with van der Waals surface area (Å²) in [6.07, 6.45) is 3.64. The molecule has 18 heavy (non-hydrogen) atoms. The molecule has 0 aliphatic rings. The first-order chi connectivity index (χ1) is 8.56. The highest BCUT2D eigenvalue weighted by Gasteiger charge is 2.05. The summed E-state index contributed by atoms with van der Waals surface area (Å²) in [6.45, 7) is 4.91. The smallest absolute Gasteiger partial charge is 0.143 e. The molecule has 1 heterocycles. The molecule has 0 aliphatic heterocycles. The molecular weight excluding hydrogens is 253 g/mol. The number of benzene rings is 1. The second-order valence-electron chi connectivity index (χ2n) is 4.43. The lowest BCUT2D eigenvalue weighted by Crippen LogP contribution is -2.21. The van der Waals surface area contributed by atoms with Gasteiger partial charge in [0.2, 0.25) is 0 Å². The maximum absolute atomic E-state index is 13.3. The van der Waals surface area contributed by atoms with E-state index >= 15 is 0 Å². The van der Waals surface area contributed by atoms with E-state index in [-0.39, 0.29) is 5.02 Å². The maximum atomic E-state index is 13.3. The Bertz CT molecular complexity index is 537. The number of aromatic nitrogens is 2. The van der Waals surface area contributed by atoms with Gasteiger partial charge in [0.1, 0.15) is 5.82 Å². The molecule has 5 heteroatoms. The first kappa shape index (κ1) is 13.1. The molecule has 0 aliphatic carbocycles. The van der Waals surface area contributed by atoms with Crippen LogP contribution in [0.3, 0.4) is 0 Å². The standard InChI is InChI=1S/C13H15ClFN3/c1-9(2)16-6-10-7-17-18(8-10)11-3-4-12(14)13(15)5-11/h3-5,7-9,16H,6H2,1-2H3. The molecule has 3 nitrogen and oxygen atoms in total. The van der Waals surface area contributed by atoms with E-state index in [9.17, 15) is 4.39 Å². The largest absolute Gasteiger partial charge is 0.310 e. The zero-order valence-electron chi connectivity index (χ0n) is 10.3. The molecule has 2 rings (SSSR count). The first-order valence-electron chi connectivity index (χ1n) is 5.78. The van der Waals surface area contributed by atoms with Crippen molar-refractivity contribution in [3.05, 3.63) is 47.0 Å². The van der Waals surface area contributed by atoms with Crippen LogP contribution < -0.4 is 5.32 Å². The van der Waals surface area contributed by atoms with E-state index in [2.05, 4.69) is 24.3 Å². The van der Waals surface area contributed by atoms with Crippen LogP contribution in [0.4, 0.5) is 4.39 Å². The summed E-state index contributed by atoms with van der Waals surface area (Å²) in [5.41, 5.74) is 1.71. The highest BCUT2D eigenvalue weighted by Crippen LogP contribution is 2.18. The minimum atomic E-state index is -0.438. The fraction of sp³-hybridized carbons (Fsp3) is 0.308. The SMILES string of the molecule is CC(C)NCc1cnn(-c2ccc(Cl)c(F)c2)c1. The van der Waals surface area contributed by atoms with Gasteiger partial charge < -0.3 is 5.32 Å². The molecule has 1 aromatic heterocycles. The Morgan fingerprint density at radius 3 is 2.89 bits per heavy atom. The highest BCUT2D eigenvalue weighted by molar-refractivity contribution is 6.30. The van der Waals surface area contributed by atoms with Crippen LogP contribution in [0.25, 0.3) is 5.69 Å². The van der Waals surface area contributed by atoms with Gasteiger partial charge in [0, 0.05) is 30.4 Å². The number of hydrogen-bond acceptors (Lipinski definition) is 2. The first-order valence-corrected chi connectivity index (χ1v) is 6.16. The molecule has 1 aromatic carbocycles. The Morgan fingerprint density at radius 1 is 1.44 bits per heavy atom. The lowest BCUT2D eigenvalue weighted by molar-refractivity contribution is 0.589. The lowest BCUT2D eigenvalue weighted by Gasteiger charge is -2.05. The fourth-order valence-corrected chi connectivity index (χ4v) is 1.66. The van der Waals surface area contributed by atoms with Gasteiger partial charge in [0.15, 0.2) is 0 Å². The van der Waals surface area contributed by atoms with Crippen LogP contribution >= 0.6 is 11.6 Å². The molecule has 96 valence electrons. The van der Waals surface area contributed by atoms with Gasteiger partial charge in [-0.25, -0.2) is 9.07 Å². The monoisotopic (exact) mass is 267 g/mol. The van der Waals surface area contributed by atoms with Gasteiger partial charge in [0.25, 0.3) is 0 Å². The predicted molar refractivity (Wildman–Crippen MR) is 70.5 cm³/mol. The third-order valence-corrected chi connectivity index (χ3v) is 2.82. The topological polar surface area (TPSA) is 29.9 Å². The minimum absolute atomic E-state index is 0.118. The summed E-state index contributed by atoms with van der Waals surface area (Å²) in [4.78, 5) is 0. The lowest BCUT2D eigenvalue weighted by atomic mass is 10.3. The fourth-order valence-electron chi connectivity index (χ4n) is 1.54. The quantitative estimate of drug-likeness (QED) is 0.922. The molecule has 2 aromatic rings. The summed E-state index contributed by atoms with van der Waals surface area (Å²) in [5, 5.41) is 7.62. The molecule has 0 radical (unpaired) electrons. The van der Waals surface area contributed by atoms with Crippen molar-refractivity contribution in [2.45, 2.75) is 26.4 Å².